The molecule has 0 saturated heterocycles. The molecule has 2 heterocycles. The summed E-state index contributed by atoms with van der Waals surface area (Å²) in [5.74, 6) is 0.974. The zero-order valence-corrected chi connectivity index (χ0v) is 16.3. The number of thioether (sulfide) groups is 1. The maximum absolute atomic E-state index is 12.1. The molecular weight excluding hydrogens is 394 g/mol. The summed E-state index contributed by atoms with van der Waals surface area (Å²) < 4.78 is 8.53. The highest BCUT2D eigenvalue weighted by Crippen LogP contribution is 2.24. The largest absolute Gasteiger partial charge is 0.419 e. The van der Waals surface area contributed by atoms with Gasteiger partial charge in [-0.3, -0.25) is 14.7 Å². The normalized spacial score (nSPS) is 11.2. The maximum Gasteiger partial charge on any atom is 0.419 e. The van der Waals surface area contributed by atoms with E-state index in [1.165, 1.54) is 34.5 Å². The van der Waals surface area contributed by atoms with Crippen molar-refractivity contribution in [3.05, 3.63) is 69.2 Å². The SMILES string of the molecule is Cn1c(SCCCn2c(=O)oc3ccc([N+](=O)[O-])cc32)nnc1-c1ccccc1. The van der Waals surface area contributed by atoms with Crippen molar-refractivity contribution >= 4 is 28.5 Å². The third kappa shape index (κ3) is 3.79. The van der Waals surface area contributed by atoms with Gasteiger partial charge in [-0.15, -0.1) is 10.2 Å². The van der Waals surface area contributed by atoms with Gasteiger partial charge < -0.3 is 8.98 Å². The number of nitro groups is 1. The fourth-order valence-corrected chi connectivity index (χ4v) is 3.88. The van der Waals surface area contributed by atoms with Gasteiger partial charge in [0.05, 0.1) is 10.4 Å². The van der Waals surface area contributed by atoms with Gasteiger partial charge in [-0.1, -0.05) is 42.1 Å². The number of benzene rings is 2. The lowest BCUT2D eigenvalue weighted by molar-refractivity contribution is -0.384. The van der Waals surface area contributed by atoms with Gasteiger partial charge in [0.15, 0.2) is 16.6 Å². The Morgan fingerprint density at radius 3 is 2.72 bits per heavy atom. The third-order valence-corrected chi connectivity index (χ3v) is 5.59. The number of aromatic nitrogens is 4. The molecular formula is C19H17N5O4S. The minimum absolute atomic E-state index is 0.0750. The Kier molecular flexibility index (Phi) is 5.17. The van der Waals surface area contributed by atoms with Gasteiger partial charge in [-0.2, -0.15) is 0 Å². The topological polar surface area (TPSA) is 109 Å². The van der Waals surface area contributed by atoms with Crippen LogP contribution in [0.25, 0.3) is 22.5 Å². The Morgan fingerprint density at radius 1 is 1.17 bits per heavy atom. The molecule has 0 bridgehead atoms. The Bertz CT molecular complexity index is 1230. The number of nitro benzene ring substituents is 1. The minimum Gasteiger partial charge on any atom is -0.408 e. The van der Waals surface area contributed by atoms with Gasteiger partial charge in [0, 0.05) is 37.0 Å². The van der Waals surface area contributed by atoms with E-state index < -0.39 is 10.7 Å². The third-order valence-electron chi connectivity index (χ3n) is 4.49. The number of oxazole rings is 1. The van der Waals surface area contributed by atoms with E-state index in [9.17, 15) is 14.9 Å². The van der Waals surface area contributed by atoms with Crippen LogP contribution in [0.2, 0.25) is 0 Å². The van der Waals surface area contributed by atoms with Crippen LogP contribution in [0, 0.1) is 10.1 Å². The molecule has 4 rings (SSSR count). The number of hydrogen-bond acceptors (Lipinski definition) is 7. The smallest absolute Gasteiger partial charge is 0.408 e. The lowest BCUT2D eigenvalue weighted by Gasteiger charge is -2.04. The van der Waals surface area contributed by atoms with Gasteiger partial charge in [-0.05, 0) is 12.5 Å². The first kappa shape index (κ1) is 18.9. The van der Waals surface area contributed by atoms with Gasteiger partial charge in [0.1, 0.15) is 0 Å². The lowest BCUT2D eigenvalue weighted by Crippen LogP contribution is -2.14. The first-order valence-corrected chi connectivity index (χ1v) is 9.88. The van der Waals surface area contributed by atoms with Crippen molar-refractivity contribution < 1.29 is 9.34 Å². The monoisotopic (exact) mass is 411 g/mol. The highest BCUT2D eigenvalue weighted by molar-refractivity contribution is 7.99. The van der Waals surface area contributed by atoms with Crippen molar-refractivity contribution in [2.75, 3.05) is 5.75 Å². The summed E-state index contributed by atoms with van der Waals surface area (Å²) in [6, 6.07) is 14.0. The number of fused-ring (bicyclic) bond motifs is 1. The van der Waals surface area contributed by atoms with Gasteiger partial charge in [0.2, 0.25) is 0 Å². The Hall–Kier alpha value is -3.40. The molecule has 0 spiro atoms. The van der Waals surface area contributed by atoms with Crippen LogP contribution in [-0.4, -0.2) is 30.0 Å². The van der Waals surface area contributed by atoms with E-state index in [0.29, 0.717) is 29.8 Å². The molecule has 0 aliphatic rings. The van der Waals surface area contributed by atoms with Gasteiger partial charge >= 0.3 is 5.76 Å². The number of non-ortho nitro benzene ring substituents is 1. The predicted molar refractivity (Wildman–Crippen MR) is 109 cm³/mol. The van der Waals surface area contributed by atoms with Crippen molar-refractivity contribution in [3.63, 3.8) is 0 Å². The molecule has 2 aromatic heterocycles. The maximum atomic E-state index is 12.1. The first-order valence-electron chi connectivity index (χ1n) is 8.90. The standard InChI is InChI=1S/C19H17N5O4S/c1-22-17(13-6-3-2-4-7-13)20-21-18(22)29-11-5-10-23-15-12-14(24(26)27)8-9-16(15)28-19(23)25/h2-4,6-9,12H,5,10-11H2,1H3. The summed E-state index contributed by atoms with van der Waals surface area (Å²) in [6.45, 7) is 0.392. The van der Waals surface area contributed by atoms with Crippen LogP contribution in [0.3, 0.4) is 0 Å². The molecule has 0 radical (unpaired) electrons. The summed E-state index contributed by atoms with van der Waals surface area (Å²) in [4.78, 5) is 22.6. The molecule has 0 N–H and O–H groups in total. The number of rotatable bonds is 7. The van der Waals surface area contributed by atoms with Crippen LogP contribution in [0.5, 0.6) is 0 Å². The van der Waals surface area contributed by atoms with E-state index in [1.54, 1.807) is 0 Å². The van der Waals surface area contributed by atoms with E-state index >= 15 is 0 Å². The second kappa shape index (κ2) is 7.92. The quantitative estimate of drug-likeness (QED) is 0.198. The zero-order valence-electron chi connectivity index (χ0n) is 15.5. The summed E-state index contributed by atoms with van der Waals surface area (Å²) in [6.07, 6.45) is 0.662. The lowest BCUT2D eigenvalue weighted by atomic mass is 10.2. The van der Waals surface area contributed by atoms with Crippen LogP contribution >= 0.6 is 11.8 Å². The Balaban J connectivity index is 1.43. The van der Waals surface area contributed by atoms with Crippen molar-refractivity contribution in [3.8, 4) is 11.4 Å². The van der Waals surface area contributed by atoms with Crippen LogP contribution in [0.1, 0.15) is 6.42 Å². The van der Waals surface area contributed by atoms with Crippen molar-refractivity contribution in [1.82, 2.24) is 19.3 Å². The number of nitrogens with zero attached hydrogens (tertiary/aromatic N) is 5. The van der Waals surface area contributed by atoms with Crippen molar-refractivity contribution in [1.29, 1.82) is 0 Å². The summed E-state index contributed by atoms with van der Waals surface area (Å²) in [7, 11) is 1.91. The molecule has 0 fully saturated rings. The van der Waals surface area contributed by atoms with Crippen LogP contribution in [0.4, 0.5) is 5.69 Å². The van der Waals surface area contributed by atoms with Crippen molar-refractivity contribution in [2.45, 2.75) is 18.1 Å². The van der Waals surface area contributed by atoms with Crippen molar-refractivity contribution in [2.24, 2.45) is 7.05 Å². The molecule has 0 saturated carbocycles. The summed E-state index contributed by atoms with van der Waals surface area (Å²) in [5, 5.41) is 20.3. The average molecular weight is 411 g/mol. The Morgan fingerprint density at radius 2 is 1.97 bits per heavy atom. The highest BCUT2D eigenvalue weighted by atomic mass is 32.2. The second-order valence-electron chi connectivity index (χ2n) is 6.36. The summed E-state index contributed by atoms with van der Waals surface area (Å²) in [5.41, 5.74) is 1.69. The molecule has 9 nitrogen and oxygen atoms in total. The molecule has 4 aromatic rings. The van der Waals surface area contributed by atoms with E-state index in [-0.39, 0.29) is 5.69 Å². The Labute approximate surface area is 169 Å². The molecule has 2 aromatic carbocycles. The van der Waals surface area contributed by atoms with Crippen LogP contribution < -0.4 is 5.76 Å². The zero-order chi connectivity index (χ0) is 20.4. The molecule has 0 unspecified atom stereocenters. The van der Waals surface area contributed by atoms with E-state index in [0.717, 1.165) is 16.5 Å². The van der Waals surface area contributed by atoms with Crippen LogP contribution in [-0.2, 0) is 13.6 Å². The molecule has 0 aliphatic heterocycles. The number of hydrogen-bond donors (Lipinski definition) is 0. The second-order valence-corrected chi connectivity index (χ2v) is 7.42. The molecule has 0 atom stereocenters. The van der Waals surface area contributed by atoms with Gasteiger partial charge in [-0.25, -0.2) is 4.79 Å². The predicted octanol–water partition coefficient (Wildman–Crippen LogP) is 3.48. The van der Waals surface area contributed by atoms with E-state index in [4.69, 9.17) is 4.42 Å². The average Bonchev–Trinajstić information content (AvgIpc) is 3.24. The van der Waals surface area contributed by atoms with Gasteiger partial charge in [0.25, 0.3) is 5.69 Å². The molecule has 0 amide bonds. The van der Waals surface area contributed by atoms with E-state index in [1.807, 2.05) is 41.9 Å². The minimum atomic E-state index is -0.518. The van der Waals surface area contributed by atoms with E-state index in [2.05, 4.69) is 10.2 Å². The summed E-state index contributed by atoms with van der Waals surface area (Å²) >= 11 is 1.54. The fourth-order valence-electron chi connectivity index (χ4n) is 3.04. The molecule has 0 aliphatic carbocycles. The first-order chi connectivity index (χ1) is 14.0. The molecule has 10 heteroatoms. The fraction of sp³-hybridized carbons (Fsp3) is 0.211. The number of aryl methyl sites for hydroxylation is 1. The molecule has 29 heavy (non-hydrogen) atoms. The van der Waals surface area contributed by atoms with Crippen LogP contribution in [0.15, 0.2) is 62.9 Å². The highest BCUT2D eigenvalue weighted by Gasteiger charge is 2.15. The molecule has 148 valence electrons.